The van der Waals surface area contributed by atoms with E-state index in [1.54, 1.807) is 0 Å². The van der Waals surface area contributed by atoms with E-state index in [4.69, 9.17) is 0 Å². The van der Waals surface area contributed by atoms with E-state index in [0.717, 1.165) is 27.8 Å². The van der Waals surface area contributed by atoms with E-state index in [-0.39, 0.29) is 29.9 Å². The molecular weight excluding hydrogens is 404 g/mol. The first-order chi connectivity index (χ1) is 14.3. The number of thioether (sulfide) groups is 1. The van der Waals surface area contributed by atoms with Crippen molar-refractivity contribution in [3.05, 3.63) is 59.2 Å². The maximum Gasteiger partial charge on any atom is 0.337 e. The molecule has 1 aliphatic rings. The van der Waals surface area contributed by atoms with Crippen LogP contribution in [0.1, 0.15) is 27.9 Å². The number of carbonyl (C=O) groups excluding carboxylic acids is 4. The minimum absolute atomic E-state index is 0.0270. The second-order valence-corrected chi connectivity index (χ2v) is 8.15. The van der Waals surface area contributed by atoms with Gasteiger partial charge in [0.15, 0.2) is 0 Å². The molecular formula is C22H22N2O5S. The first-order valence-corrected chi connectivity index (χ1v) is 10.4. The maximum atomic E-state index is 12.7. The Bertz CT molecular complexity index is 1000. The zero-order valence-corrected chi connectivity index (χ0v) is 17.7. The third-order valence-electron chi connectivity index (χ3n) is 4.86. The van der Waals surface area contributed by atoms with Crippen LogP contribution < -0.4 is 10.2 Å². The first kappa shape index (κ1) is 21.6. The Morgan fingerprint density at radius 2 is 1.80 bits per heavy atom. The largest absolute Gasteiger partial charge is 0.465 e. The molecule has 1 atom stereocenters. The Labute approximate surface area is 178 Å². The van der Waals surface area contributed by atoms with Gasteiger partial charge >= 0.3 is 5.97 Å². The number of amides is 3. The molecule has 1 saturated heterocycles. The molecule has 1 aliphatic heterocycles. The smallest absolute Gasteiger partial charge is 0.337 e. The molecule has 1 unspecified atom stereocenters. The topological polar surface area (TPSA) is 92.8 Å². The second kappa shape index (κ2) is 9.13. The Balaban J connectivity index is 1.59. The number of rotatable bonds is 6. The van der Waals surface area contributed by atoms with Crippen molar-refractivity contribution in [3.63, 3.8) is 0 Å². The molecule has 8 heteroatoms. The van der Waals surface area contributed by atoms with Crippen LogP contribution in [0.3, 0.4) is 0 Å². The normalized spacial score (nSPS) is 16.0. The van der Waals surface area contributed by atoms with Crippen LogP contribution in [-0.4, -0.2) is 41.8 Å². The van der Waals surface area contributed by atoms with Gasteiger partial charge in [0.25, 0.3) is 0 Å². The molecule has 0 bridgehead atoms. The Hall–Kier alpha value is -3.13. The lowest BCUT2D eigenvalue weighted by molar-refractivity contribution is -0.121. The van der Waals surface area contributed by atoms with Crippen molar-refractivity contribution in [1.29, 1.82) is 0 Å². The van der Waals surface area contributed by atoms with Gasteiger partial charge in [0, 0.05) is 12.1 Å². The molecule has 3 rings (SSSR count). The highest BCUT2D eigenvalue weighted by molar-refractivity contribution is 8.01. The minimum atomic E-state index is -0.622. The third-order valence-corrected chi connectivity index (χ3v) is 6.06. The molecule has 0 saturated carbocycles. The van der Waals surface area contributed by atoms with Crippen molar-refractivity contribution in [3.8, 4) is 0 Å². The fraction of sp³-hybridized carbons (Fsp3) is 0.273. The van der Waals surface area contributed by atoms with E-state index in [1.807, 2.05) is 32.0 Å². The van der Waals surface area contributed by atoms with Crippen LogP contribution in [-0.2, 0) is 19.1 Å². The van der Waals surface area contributed by atoms with Crippen molar-refractivity contribution < 1.29 is 23.9 Å². The van der Waals surface area contributed by atoms with Crippen LogP contribution in [0, 0.1) is 13.8 Å². The fourth-order valence-electron chi connectivity index (χ4n) is 3.06. The van der Waals surface area contributed by atoms with Gasteiger partial charge in [-0.3, -0.25) is 14.4 Å². The van der Waals surface area contributed by atoms with E-state index in [9.17, 15) is 19.2 Å². The number of ether oxygens (including phenoxy) is 1. The molecule has 30 heavy (non-hydrogen) atoms. The predicted molar refractivity (Wildman–Crippen MR) is 116 cm³/mol. The van der Waals surface area contributed by atoms with E-state index in [2.05, 4.69) is 10.1 Å². The number of methoxy groups -OCH3 is 1. The zero-order chi connectivity index (χ0) is 21.8. The summed E-state index contributed by atoms with van der Waals surface area (Å²) in [6, 6.07) is 11.7. The van der Waals surface area contributed by atoms with Crippen molar-refractivity contribution in [2.45, 2.75) is 25.5 Å². The standard InChI is InChI=1S/C22H22N2O5S/c1-13-4-7-16(10-14(13)2)23-19(25)12-30-18-11-20(26)24(21(18)27)17-8-5-15(6-9-17)22(28)29-3/h4-10,18H,11-12H2,1-3H3,(H,23,25). The zero-order valence-electron chi connectivity index (χ0n) is 16.9. The van der Waals surface area contributed by atoms with E-state index >= 15 is 0 Å². The highest BCUT2D eigenvalue weighted by Gasteiger charge is 2.40. The van der Waals surface area contributed by atoms with Gasteiger partial charge in [0.2, 0.25) is 17.7 Å². The van der Waals surface area contributed by atoms with Crippen LogP contribution in [0.25, 0.3) is 0 Å². The van der Waals surface area contributed by atoms with E-state index in [0.29, 0.717) is 16.9 Å². The molecule has 0 radical (unpaired) electrons. The summed E-state index contributed by atoms with van der Waals surface area (Å²) < 4.78 is 4.64. The van der Waals surface area contributed by atoms with Gasteiger partial charge in [-0.1, -0.05) is 6.07 Å². The van der Waals surface area contributed by atoms with Gasteiger partial charge in [-0.25, -0.2) is 9.69 Å². The summed E-state index contributed by atoms with van der Waals surface area (Å²) in [6.45, 7) is 3.96. The maximum absolute atomic E-state index is 12.7. The molecule has 1 N–H and O–H groups in total. The van der Waals surface area contributed by atoms with Crippen molar-refractivity contribution in [2.75, 3.05) is 23.1 Å². The number of nitrogens with one attached hydrogen (secondary N) is 1. The van der Waals surface area contributed by atoms with Gasteiger partial charge in [-0.2, -0.15) is 0 Å². The van der Waals surface area contributed by atoms with Crippen LogP contribution in [0.4, 0.5) is 11.4 Å². The molecule has 0 spiro atoms. The number of hydrogen-bond acceptors (Lipinski definition) is 6. The second-order valence-electron chi connectivity index (χ2n) is 6.96. The summed E-state index contributed by atoms with van der Waals surface area (Å²) in [5, 5.41) is 2.19. The SMILES string of the molecule is COC(=O)c1ccc(N2C(=O)CC(SCC(=O)Nc3ccc(C)c(C)c3)C2=O)cc1. The fourth-order valence-corrected chi connectivity index (χ4v) is 4.00. The summed E-state index contributed by atoms with van der Waals surface area (Å²) in [5.41, 5.74) is 3.63. The van der Waals surface area contributed by atoms with Gasteiger partial charge in [-0.05, 0) is 61.4 Å². The van der Waals surface area contributed by atoms with Gasteiger partial charge in [0.05, 0.1) is 29.4 Å². The minimum Gasteiger partial charge on any atom is -0.465 e. The van der Waals surface area contributed by atoms with Crippen molar-refractivity contribution >= 4 is 46.8 Å². The molecule has 2 aromatic carbocycles. The van der Waals surface area contributed by atoms with Crippen molar-refractivity contribution in [2.24, 2.45) is 0 Å². The number of imide groups is 1. The number of nitrogens with zero attached hydrogens (tertiary/aromatic N) is 1. The third kappa shape index (κ3) is 4.71. The lowest BCUT2D eigenvalue weighted by atomic mass is 10.1. The Morgan fingerprint density at radius 1 is 1.10 bits per heavy atom. The van der Waals surface area contributed by atoms with E-state index in [1.165, 1.54) is 31.4 Å². The number of esters is 1. The monoisotopic (exact) mass is 426 g/mol. The molecule has 3 amide bonds. The quantitative estimate of drug-likeness (QED) is 0.564. The number of anilines is 2. The average molecular weight is 426 g/mol. The van der Waals surface area contributed by atoms with Gasteiger partial charge in [-0.15, -0.1) is 11.8 Å². The van der Waals surface area contributed by atoms with Gasteiger partial charge < -0.3 is 10.1 Å². The van der Waals surface area contributed by atoms with Crippen LogP contribution in [0.15, 0.2) is 42.5 Å². The number of aryl methyl sites for hydroxylation is 2. The number of hydrogen-bond donors (Lipinski definition) is 1. The number of carbonyl (C=O) groups is 4. The predicted octanol–water partition coefficient (Wildman–Crippen LogP) is 3.09. The summed E-state index contributed by atoms with van der Waals surface area (Å²) in [4.78, 5) is 50.0. The van der Waals surface area contributed by atoms with Crippen LogP contribution in [0.5, 0.6) is 0 Å². The Kier molecular flexibility index (Phi) is 6.56. The summed E-state index contributed by atoms with van der Waals surface area (Å²) in [6.07, 6.45) is 0.0270. The highest BCUT2D eigenvalue weighted by Crippen LogP contribution is 2.30. The lowest BCUT2D eigenvalue weighted by Crippen LogP contribution is -2.31. The van der Waals surface area contributed by atoms with Crippen molar-refractivity contribution in [1.82, 2.24) is 0 Å². The average Bonchev–Trinajstić information content (AvgIpc) is 3.02. The molecule has 1 heterocycles. The summed E-state index contributed by atoms with van der Waals surface area (Å²) in [5.74, 6) is -1.37. The van der Waals surface area contributed by atoms with Crippen LogP contribution >= 0.6 is 11.8 Å². The van der Waals surface area contributed by atoms with Gasteiger partial charge in [0.1, 0.15) is 0 Å². The Morgan fingerprint density at radius 3 is 2.43 bits per heavy atom. The molecule has 2 aromatic rings. The summed E-state index contributed by atoms with van der Waals surface area (Å²) >= 11 is 1.14. The molecule has 1 fully saturated rings. The molecule has 156 valence electrons. The van der Waals surface area contributed by atoms with E-state index < -0.39 is 11.2 Å². The summed E-state index contributed by atoms with van der Waals surface area (Å²) in [7, 11) is 1.28. The molecule has 0 aromatic heterocycles. The number of benzene rings is 2. The lowest BCUT2D eigenvalue weighted by Gasteiger charge is -2.15. The first-order valence-electron chi connectivity index (χ1n) is 9.34. The molecule has 7 nitrogen and oxygen atoms in total. The highest BCUT2D eigenvalue weighted by atomic mass is 32.2. The van der Waals surface area contributed by atoms with Crippen LogP contribution in [0.2, 0.25) is 0 Å². The molecule has 0 aliphatic carbocycles.